The Kier molecular flexibility index (Phi) is 8.01. The third kappa shape index (κ3) is 5.81. The van der Waals surface area contributed by atoms with Gasteiger partial charge in [0.05, 0.1) is 17.9 Å². The van der Waals surface area contributed by atoms with Crippen LogP contribution in [-0.2, 0) is 9.59 Å². The number of anilines is 1. The minimum absolute atomic E-state index is 0.0965. The molecular formula is C23H36N6O2. The second-order valence-corrected chi connectivity index (χ2v) is 9.02. The van der Waals surface area contributed by atoms with Gasteiger partial charge in [-0.25, -0.2) is 0 Å². The topological polar surface area (TPSA) is 124 Å². The minimum Gasteiger partial charge on any atom is -0.382 e. The molecule has 5 N–H and O–H groups in total. The number of nitrogens with zero attached hydrogens (tertiary/aromatic N) is 2. The van der Waals surface area contributed by atoms with Crippen LogP contribution in [-0.4, -0.2) is 59.6 Å². The molecule has 1 saturated heterocycles. The summed E-state index contributed by atoms with van der Waals surface area (Å²) in [5.41, 5.74) is 6.07. The Labute approximate surface area is 184 Å². The molecule has 0 spiro atoms. The van der Waals surface area contributed by atoms with E-state index in [0.29, 0.717) is 42.1 Å². The molecule has 3 rings (SSSR count). The first-order valence-corrected chi connectivity index (χ1v) is 11.5. The van der Waals surface area contributed by atoms with Crippen LogP contribution in [0.5, 0.6) is 0 Å². The van der Waals surface area contributed by atoms with E-state index in [-0.39, 0.29) is 17.7 Å². The first-order chi connectivity index (χ1) is 14.9. The number of rotatable bonds is 10. The minimum atomic E-state index is -0.770. The predicted molar refractivity (Wildman–Crippen MR) is 122 cm³/mol. The van der Waals surface area contributed by atoms with Crippen molar-refractivity contribution in [3.63, 3.8) is 0 Å². The number of nitrogens with one attached hydrogen (secondary N) is 3. The second-order valence-electron chi connectivity index (χ2n) is 9.02. The van der Waals surface area contributed by atoms with Gasteiger partial charge in [0.25, 0.3) is 5.91 Å². The molecule has 8 heteroatoms. The van der Waals surface area contributed by atoms with Gasteiger partial charge < -0.3 is 16.4 Å². The molecule has 0 aromatic carbocycles. The van der Waals surface area contributed by atoms with Crippen LogP contribution in [0.1, 0.15) is 51.5 Å². The first-order valence-electron chi connectivity index (χ1n) is 11.5. The number of carbonyl (C=O) groups excluding carboxylic acids is 2. The number of hydrogen-bond acceptors (Lipinski definition) is 6. The van der Waals surface area contributed by atoms with E-state index in [9.17, 15) is 9.59 Å². The molecule has 2 amide bonds. The predicted octanol–water partition coefficient (Wildman–Crippen LogP) is 2.00. The van der Waals surface area contributed by atoms with Crippen molar-refractivity contribution in [1.29, 1.82) is 5.41 Å². The molecule has 2 heterocycles. The molecule has 1 saturated carbocycles. The summed E-state index contributed by atoms with van der Waals surface area (Å²) in [4.78, 5) is 30.7. The Morgan fingerprint density at radius 3 is 2.84 bits per heavy atom. The van der Waals surface area contributed by atoms with Gasteiger partial charge in [0, 0.05) is 37.9 Å². The lowest BCUT2D eigenvalue weighted by Crippen LogP contribution is -2.46. The van der Waals surface area contributed by atoms with Crippen molar-refractivity contribution in [1.82, 2.24) is 15.2 Å². The zero-order valence-corrected chi connectivity index (χ0v) is 18.7. The zero-order chi connectivity index (χ0) is 22.4. The summed E-state index contributed by atoms with van der Waals surface area (Å²) in [6.45, 7) is 7.45. The summed E-state index contributed by atoms with van der Waals surface area (Å²) >= 11 is 0. The monoisotopic (exact) mass is 428 g/mol. The maximum Gasteiger partial charge on any atom is 0.267 e. The molecule has 170 valence electrons. The number of carbonyl (C=O) groups is 2. The summed E-state index contributed by atoms with van der Waals surface area (Å²) in [5, 5.41) is 14.4. The van der Waals surface area contributed by atoms with Gasteiger partial charge in [-0.15, -0.1) is 0 Å². The SMILES string of the molecule is CCC1CC(C(=O)NCC2CCCC2C)N(CCNc2cnccc2C(=N)C(N)=O)C1. The third-order valence-electron chi connectivity index (χ3n) is 7.00. The lowest BCUT2D eigenvalue weighted by molar-refractivity contribution is -0.125. The first kappa shape index (κ1) is 23.2. The van der Waals surface area contributed by atoms with E-state index in [1.54, 1.807) is 12.3 Å². The molecule has 1 aromatic rings. The smallest absolute Gasteiger partial charge is 0.267 e. The molecule has 1 aliphatic carbocycles. The Hall–Kier alpha value is -2.48. The number of amides is 2. The molecule has 0 bridgehead atoms. The number of likely N-dealkylation sites (tertiary alicyclic amines) is 1. The fourth-order valence-electron chi connectivity index (χ4n) is 4.91. The van der Waals surface area contributed by atoms with Crippen LogP contribution in [0.2, 0.25) is 0 Å². The van der Waals surface area contributed by atoms with Crippen LogP contribution in [0.15, 0.2) is 18.5 Å². The molecule has 4 atom stereocenters. The van der Waals surface area contributed by atoms with E-state index < -0.39 is 5.91 Å². The largest absolute Gasteiger partial charge is 0.382 e. The van der Waals surface area contributed by atoms with Crippen molar-refractivity contribution >= 4 is 23.2 Å². The van der Waals surface area contributed by atoms with Gasteiger partial charge >= 0.3 is 0 Å². The Morgan fingerprint density at radius 2 is 2.16 bits per heavy atom. The number of primary amides is 1. The van der Waals surface area contributed by atoms with Gasteiger partial charge in [0.15, 0.2) is 0 Å². The maximum atomic E-state index is 13.0. The van der Waals surface area contributed by atoms with Crippen molar-refractivity contribution in [2.45, 2.75) is 52.0 Å². The fraction of sp³-hybridized carbons (Fsp3) is 0.652. The van der Waals surface area contributed by atoms with Crippen molar-refractivity contribution < 1.29 is 9.59 Å². The van der Waals surface area contributed by atoms with E-state index in [1.807, 2.05) is 0 Å². The van der Waals surface area contributed by atoms with Gasteiger partial charge in [-0.3, -0.25) is 24.9 Å². The van der Waals surface area contributed by atoms with E-state index in [1.165, 1.54) is 25.5 Å². The summed E-state index contributed by atoms with van der Waals surface area (Å²) in [7, 11) is 0. The van der Waals surface area contributed by atoms with Crippen molar-refractivity contribution in [3.05, 3.63) is 24.0 Å². The summed E-state index contributed by atoms with van der Waals surface area (Å²) in [6, 6.07) is 1.51. The Morgan fingerprint density at radius 1 is 1.35 bits per heavy atom. The maximum absolute atomic E-state index is 13.0. The van der Waals surface area contributed by atoms with Crippen molar-refractivity contribution in [3.8, 4) is 0 Å². The molecule has 8 nitrogen and oxygen atoms in total. The van der Waals surface area contributed by atoms with Gasteiger partial charge in [-0.05, 0) is 36.7 Å². The standard InChI is InChI=1S/C23H36N6O2/c1-3-16-11-20(23(31)28-12-17-6-4-5-15(17)2)29(14-16)10-9-27-19-13-26-8-7-18(19)21(24)22(25)30/h7-8,13,15-17,20,24,27H,3-6,9-12,14H2,1-2H3,(H2,25,30)(H,28,31). The fourth-order valence-corrected chi connectivity index (χ4v) is 4.91. The zero-order valence-electron chi connectivity index (χ0n) is 18.7. The van der Waals surface area contributed by atoms with Crippen molar-refractivity contribution in [2.75, 3.05) is 31.5 Å². The molecule has 1 aliphatic heterocycles. The van der Waals surface area contributed by atoms with Crippen LogP contribution in [0.25, 0.3) is 0 Å². The average Bonchev–Trinajstić information content (AvgIpc) is 3.37. The lowest BCUT2D eigenvalue weighted by atomic mass is 9.98. The van der Waals surface area contributed by atoms with E-state index in [4.69, 9.17) is 11.1 Å². The summed E-state index contributed by atoms with van der Waals surface area (Å²) in [5.74, 6) is 1.20. The third-order valence-corrected chi connectivity index (χ3v) is 7.00. The summed E-state index contributed by atoms with van der Waals surface area (Å²) < 4.78 is 0. The molecule has 31 heavy (non-hydrogen) atoms. The van der Waals surface area contributed by atoms with Gasteiger partial charge in [-0.1, -0.05) is 33.1 Å². The van der Waals surface area contributed by atoms with Crippen LogP contribution in [0.4, 0.5) is 5.69 Å². The number of aromatic nitrogens is 1. The number of pyridine rings is 1. The molecule has 1 aromatic heterocycles. The molecule has 2 aliphatic rings. The van der Waals surface area contributed by atoms with Crippen molar-refractivity contribution in [2.24, 2.45) is 23.5 Å². The Bertz CT molecular complexity index is 798. The van der Waals surface area contributed by atoms with Crippen LogP contribution < -0.4 is 16.4 Å². The quantitative estimate of drug-likeness (QED) is 0.424. The number of nitrogens with two attached hydrogens (primary N) is 1. The van der Waals surface area contributed by atoms with Crippen LogP contribution >= 0.6 is 0 Å². The van der Waals surface area contributed by atoms with Gasteiger partial charge in [0.2, 0.25) is 5.91 Å². The molecule has 2 fully saturated rings. The average molecular weight is 429 g/mol. The van der Waals surface area contributed by atoms with E-state index in [2.05, 4.69) is 34.4 Å². The van der Waals surface area contributed by atoms with Gasteiger partial charge in [-0.2, -0.15) is 0 Å². The second kappa shape index (κ2) is 10.7. The number of hydrogen-bond donors (Lipinski definition) is 4. The lowest BCUT2D eigenvalue weighted by Gasteiger charge is -2.25. The molecule has 4 unspecified atom stereocenters. The normalized spacial score (nSPS) is 26.0. The van der Waals surface area contributed by atoms with Gasteiger partial charge in [0.1, 0.15) is 5.71 Å². The molecule has 0 radical (unpaired) electrons. The summed E-state index contributed by atoms with van der Waals surface area (Å²) in [6.07, 6.45) is 8.84. The van der Waals surface area contributed by atoms with Crippen LogP contribution in [0, 0.1) is 23.2 Å². The highest BCUT2D eigenvalue weighted by Gasteiger charge is 2.36. The van der Waals surface area contributed by atoms with Crippen LogP contribution in [0.3, 0.4) is 0 Å². The highest BCUT2D eigenvalue weighted by Crippen LogP contribution is 2.31. The highest BCUT2D eigenvalue weighted by molar-refractivity contribution is 6.44. The highest BCUT2D eigenvalue weighted by atomic mass is 16.2. The van der Waals surface area contributed by atoms with E-state index >= 15 is 0 Å². The Balaban J connectivity index is 1.56. The van der Waals surface area contributed by atoms with E-state index in [0.717, 1.165) is 25.9 Å². The molecular weight excluding hydrogens is 392 g/mol.